The lowest BCUT2D eigenvalue weighted by molar-refractivity contribution is 0.105. The van der Waals surface area contributed by atoms with E-state index in [9.17, 15) is 5.11 Å². The zero-order chi connectivity index (χ0) is 15.5. The molecule has 3 rings (SSSR count). The number of fused-ring (bicyclic) bond motifs is 1. The Balaban J connectivity index is 1.85. The van der Waals surface area contributed by atoms with E-state index in [0.29, 0.717) is 5.02 Å². The smallest absolute Gasteiger partial charge is 0.126 e. The number of anilines is 1. The average molecular weight is 335 g/mol. The number of hydrogen-bond donors (Lipinski definition) is 3. The van der Waals surface area contributed by atoms with Crippen molar-refractivity contribution in [2.45, 2.75) is 6.10 Å². The number of aliphatic hydroxyl groups excluding tert-OH is 2. The summed E-state index contributed by atoms with van der Waals surface area (Å²) >= 11 is 7.96. The molecule has 3 N–H and O–H groups in total. The van der Waals surface area contributed by atoms with Crippen molar-refractivity contribution < 1.29 is 10.2 Å². The molecule has 6 heteroatoms. The van der Waals surface area contributed by atoms with E-state index in [2.05, 4.69) is 10.3 Å². The van der Waals surface area contributed by atoms with Crippen molar-refractivity contribution in [3.05, 3.63) is 47.5 Å². The molecule has 1 aromatic heterocycles. The molecule has 4 nitrogen and oxygen atoms in total. The fourth-order valence-corrected chi connectivity index (χ4v) is 3.42. The van der Waals surface area contributed by atoms with E-state index in [-0.39, 0.29) is 13.2 Å². The summed E-state index contributed by atoms with van der Waals surface area (Å²) < 4.78 is 1.13. The fourth-order valence-electron chi connectivity index (χ4n) is 2.09. The molecule has 0 bridgehead atoms. The lowest BCUT2D eigenvalue weighted by atomic mass is 10.2. The first kappa shape index (κ1) is 15.2. The number of thiazole rings is 1. The highest BCUT2D eigenvalue weighted by molar-refractivity contribution is 7.21. The maximum absolute atomic E-state index is 9.35. The molecule has 0 radical (unpaired) electrons. The third-order valence-corrected chi connectivity index (χ3v) is 4.63. The average Bonchev–Trinajstić information content (AvgIpc) is 2.96. The van der Waals surface area contributed by atoms with Gasteiger partial charge in [-0.05, 0) is 30.3 Å². The lowest BCUT2D eigenvalue weighted by Crippen LogP contribution is -2.22. The van der Waals surface area contributed by atoms with Crippen LogP contribution in [-0.2, 0) is 0 Å². The van der Waals surface area contributed by atoms with E-state index in [1.165, 1.54) is 0 Å². The van der Waals surface area contributed by atoms with Gasteiger partial charge in [-0.2, -0.15) is 0 Å². The second-order valence-electron chi connectivity index (χ2n) is 4.90. The van der Waals surface area contributed by atoms with Crippen LogP contribution in [0.5, 0.6) is 0 Å². The van der Waals surface area contributed by atoms with Gasteiger partial charge in [0.15, 0.2) is 0 Å². The van der Waals surface area contributed by atoms with Gasteiger partial charge in [0, 0.05) is 17.8 Å². The van der Waals surface area contributed by atoms with Crippen molar-refractivity contribution >= 4 is 38.8 Å². The highest BCUT2D eigenvalue weighted by Gasteiger charge is 2.10. The zero-order valence-electron chi connectivity index (χ0n) is 11.7. The minimum atomic E-state index is -0.789. The number of halogens is 1. The van der Waals surface area contributed by atoms with E-state index in [4.69, 9.17) is 16.7 Å². The molecule has 0 saturated carbocycles. The van der Waals surface area contributed by atoms with Gasteiger partial charge in [0.1, 0.15) is 5.01 Å². The molecule has 1 atom stereocenters. The Morgan fingerprint density at radius 3 is 2.77 bits per heavy atom. The molecule has 0 aliphatic rings. The first-order chi connectivity index (χ1) is 10.7. The molecule has 22 heavy (non-hydrogen) atoms. The van der Waals surface area contributed by atoms with Crippen LogP contribution in [0.15, 0.2) is 42.5 Å². The standard InChI is InChI=1S/C16H15ClN2O2S/c17-13-7-10(18-8-11(21)9-20)5-6-12(13)16-19-14-3-1-2-4-15(14)22-16/h1-7,11,18,20-21H,8-9H2. The largest absolute Gasteiger partial charge is 0.394 e. The molecular formula is C16H15ClN2O2S. The minimum Gasteiger partial charge on any atom is -0.394 e. The van der Waals surface area contributed by atoms with Crippen LogP contribution in [0.1, 0.15) is 0 Å². The molecule has 2 aromatic carbocycles. The van der Waals surface area contributed by atoms with Crippen LogP contribution < -0.4 is 5.32 Å². The molecule has 0 fully saturated rings. The summed E-state index contributed by atoms with van der Waals surface area (Å²) in [6.45, 7) is -0.00215. The van der Waals surface area contributed by atoms with Crippen molar-refractivity contribution in [1.82, 2.24) is 4.98 Å². The van der Waals surface area contributed by atoms with Crippen molar-refractivity contribution in [2.75, 3.05) is 18.5 Å². The summed E-state index contributed by atoms with van der Waals surface area (Å²) in [5.74, 6) is 0. The van der Waals surface area contributed by atoms with Gasteiger partial charge in [0.05, 0.1) is 28.0 Å². The molecule has 0 spiro atoms. The summed E-state index contributed by atoms with van der Waals surface area (Å²) in [7, 11) is 0. The van der Waals surface area contributed by atoms with Crippen LogP contribution in [-0.4, -0.2) is 34.5 Å². The summed E-state index contributed by atoms with van der Waals surface area (Å²) in [5, 5.41) is 22.7. The van der Waals surface area contributed by atoms with E-state index in [1.807, 2.05) is 36.4 Å². The predicted octanol–water partition coefficient (Wildman–Crippen LogP) is 3.38. The topological polar surface area (TPSA) is 65.4 Å². The number of nitrogens with one attached hydrogen (secondary N) is 1. The van der Waals surface area contributed by atoms with Crippen LogP contribution in [0.4, 0.5) is 5.69 Å². The van der Waals surface area contributed by atoms with E-state index in [0.717, 1.165) is 26.5 Å². The van der Waals surface area contributed by atoms with Gasteiger partial charge >= 0.3 is 0 Å². The van der Waals surface area contributed by atoms with E-state index >= 15 is 0 Å². The maximum Gasteiger partial charge on any atom is 0.126 e. The van der Waals surface area contributed by atoms with Crippen LogP contribution >= 0.6 is 22.9 Å². The molecular weight excluding hydrogens is 320 g/mol. The zero-order valence-corrected chi connectivity index (χ0v) is 13.2. The highest BCUT2D eigenvalue weighted by Crippen LogP contribution is 2.35. The second kappa shape index (κ2) is 6.62. The Morgan fingerprint density at radius 2 is 2.05 bits per heavy atom. The second-order valence-corrected chi connectivity index (χ2v) is 6.34. The number of rotatable bonds is 5. The number of benzene rings is 2. The number of nitrogens with zero attached hydrogens (tertiary/aromatic N) is 1. The molecule has 0 aliphatic carbocycles. The van der Waals surface area contributed by atoms with Crippen LogP contribution in [0.2, 0.25) is 5.02 Å². The summed E-state index contributed by atoms with van der Waals surface area (Å²) in [6, 6.07) is 13.6. The predicted molar refractivity (Wildman–Crippen MR) is 91.6 cm³/mol. The number of aromatic nitrogens is 1. The maximum atomic E-state index is 9.35. The third-order valence-electron chi connectivity index (χ3n) is 3.25. The quantitative estimate of drug-likeness (QED) is 0.669. The Labute approximate surface area is 137 Å². The van der Waals surface area contributed by atoms with Gasteiger partial charge in [0.2, 0.25) is 0 Å². The normalized spacial score (nSPS) is 12.5. The van der Waals surface area contributed by atoms with Gasteiger partial charge in [-0.25, -0.2) is 4.98 Å². The van der Waals surface area contributed by atoms with E-state index in [1.54, 1.807) is 17.4 Å². The highest BCUT2D eigenvalue weighted by atomic mass is 35.5. The summed E-state index contributed by atoms with van der Waals surface area (Å²) in [5.41, 5.74) is 2.64. The SMILES string of the molecule is OCC(O)CNc1ccc(-c2nc3ccccc3s2)c(Cl)c1. The minimum absolute atomic E-state index is 0.271. The first-order valence-corrected chi connectivity index (χ1v) is 8.05. The Morgan fingerprint density at radius 1 is 1.23 bits per heavy atom. The molecule has 1 heterocycles. The Bertz CT molecular complexity index is 758. The summed E-state index contributed by atoms with van der Waals surface area (Å²) in [6.07, 6.45) is -0.789. The monoisotopic (exact) mass is 334 g/mol. The fraction of sp³-hybridized carbons (Fsp3) is 0.188. The first-order valence-electron chi connectivity index (χ1n) is 6.85. The van der Waals surface area contributed by atoms with Crippen LogP contribution in [0.25, 0.3) is 20.8 Å². The van der Waals surface area contributed by atoms with Crippen molar-refractivity contribution in [2.24, 2.45) is 0 Å². The number of para-hydroxylation sites is 1. The molecule has 114 valence electrons. The van der Waals surface area contributed by atoms with Crippen molar-refractivity contribution in [3.63, 3.8) is 0 Å². The molecule has 3 aromatic rings. The lowest BCUT2D eigenvalue weighted by Gasteiger charge is -2.11. The number of aliphatic hydroxyl groups is 2. The van der Waals surface area contributed by atoms with Gasteiger partial charge in [-0.1, -0.05) is 23.7 Å². The molecule has 0 saturated heterocycles. The number of hydrogen-bond acceptors (Lipinski definition) is 5. The van der Waals surface area contributed by atoms with Gasteiger partial charge < -0.3 is 15.5 Å². The van der Waals surface area contributed by atoms with Crippen molar-refractivity contribution in [3.8, 4) is 10.6 Å². The molecule has 1 unspecified atom stereocenters. The molecule has 0 amide bonds. The van der Waals surface area contributed by atoms with Gasteiger partial charge in [-0.3, -0.25) is 0 Å². The Hall–Kier alpha value is -1.66. The molecule has 0 aliphatic heterocycles. The van der Waals surface area contributed by atoms with Gasteiger partial charge in [0.25, 0.3) is 0 Å². The Kier molecular flexibility index (Phi) is 4.59. The van der Waals surface area contributed by atoms with Crippen molar-refractivity contribution in [1.29, 1.82) is 0 Å². The third kappa shape index (κ3) is 3.23. The van der Waals surface area contributed by atoms with Crippen LogP contribution in [0.3, 0.4) is 0 Å². The van der Waals surface area contributed by atoms with E-state index < -0.39 is 6.10 Å². The van der Waals surface area contributed by atoms with Crippen LogP contribution in [0, 0.1) is 0 Å². The van der Waals surface area contributed by atoms with Gasteiger partial charge in [-0.15, -0.1) is 11.3 Å². The summed E-state index contributed by atoms with van der Waals surface area (Å²) in [4.78, 5) is 4.60.